The number of aromatic nitrogens is 1. The number of amides is 1. The summed E-state index contributed by atoms with van der Waals surface area (Å²) < 4.78 is 36.9. The van der Waals surface area contributed by atoms with Gasteiger partial charge in [0.25, 0.3) is 5.91 Å². The van der Waals surface area contributed by atoms with Crippen LogP contribution in [0.5, 0.6) is 5.75 Å². The zero-order valence-electron chi connectivity index (χ0n) is 10.4. The van der Waals surface area contributed by atoms with Crippen molar-refractivity contribution < 1.29 is 23.1 Å². The number of hydrogen-bond acceptors (Lipinski definition) is 4. The number of pyridine rings is 1. The van der Waals surface area contributed by atoms with Crippen LogP contribution in [-0.2, 0) is 0 Å². The number of alkyl halides is 3. The number of anilines is 1. The summed E-state index contributed by atoms with van der Waals surface area (Å²) in [7, 11) is 0. The normalized spacial score (nSPS) is 11.2. The Kier molecular flexibility index (Phi) is 4.37. The number of carbonyl (C=O) groups is 1. The summed E-state index contributed by atoms with van der Waals surface area (Å²) in [6, 6.07) is 6.17. The Morgan fingerprint density at radius 3 is 2.48 bits per heavy atom. The fourth-order valence-electron chi connectivity index (χ4n) is 1.51. The number of nitrogens with zero attached hydrogens (tertiary/aromatic N) is 1. The molecule has 1 aromatic carbocycles. The molecular formula is C13H9F3N2O2S. The molecule has 0 unspecified atom stereocenters. The van der Waals surface area contributed by atoms with Crippen molar-refractivity contribution in [2.24, 2.45) is 0 Å². The number of phenols is 1. The van der Waals surface area contributed by atoms with Gasteiger partial charge in [-0.3, -0.25) is 9.78 Å². The number of hydrogen-bond donors (Lipinski definition) is 2. The van der Waals surface area contributed by atoms with Crippen LogP contribution in [0, 0.1) is 0 Å². The maximum atomic E-state index is 12.3. The Morgan fingerprint density at radius 1 is 1.19 bits per heavy atom. The third-order valence-corrected chi connectivity index (χ3v) is 3.11. The van der Waals surface area contributed by atoms with E-state index >= 15 is 0 Å². The second-order valence-corrected chi connectivity index (χ2v) is 5.06. The first kappa shape index (κ1) is 15.2. The largest absolute Gasteiger partial charge is 0.506 e. The monoisotopic (exact) mass is 314 g/mol. The molecule has 0 aliphatic rings. The third kappa shape index (κ3) is 4.38. The van der Waals surface area contributed by atoms with Gasteiger partial charge in [0, 0.05) is 22.9 Å². The van der Waals surface area contributed by atoms with E-state index < -0.39 is 11.4 Å². The van der Waals surface area contributed by atoms with Crippen LogP contribution in [-0.4, -0.2) is 21.5 Å². The van der Waals surface area contributed by atoms with Gasteiger partial charge in [-0.05, 0) is 42.1 Å². The lowest BCUT2D eigenvalue weighted by atomic mass is 10.2. The van der Waals surface area contributed by atoms with Gasteiger partial charge < -0.3 is 10.4 Å². The molecule has 0 atom stereocenters. The van der Waals surface area contributed by atoms with Crippen LogP contribution < -0.4 is 5.32 Å². The fourth-order valence-corrected chi connectivity index (χ4v) is 2.09. The molecule has 0 radical (unpaired) electrons. The summed E-state index contributed by atoms with van der Waals surface area (Å²) in [6.07, 6.45) is 2.81. The number of thioether (sulfide) groups is 1. The predicted molar refractivity (Wildman–Crippen MR) is 72.2 cm³/mol. The van der Waals surface area contributed by atoms with E-state index in [4.69, 9.17) is 0 Å². The van der Waals surface area contributed by atoms with E-state index in [1.54, 1.807) is 0 Å². The highest BCUT2D eigenvalue weighted by atomic mass is 32.2. The van der Waals surface area contributed by atoms with Crippen LogP contribution in [0.15, 0.2) is 47.6 Å². The van der Waals surface area contributed by atoms with E-state index in [1.807, 2.05) is 0 Å². The summed E-state index contributed by atoms with van der Waals surface area (Å²) in [5.41, 5.74) is -4.26. The molecular weight excluding hydrogens is 305 g/mol. The summed E-state index contributed by atoms with van der Waals surface area (Å²) >= 11 is -0.326. The molecule has 8 heteroatoms. The van der Waals surface area contributed by atoms with Crippen LogP contribution >= 0.6 is 11.8 Å². The Labute approximate surface area is 122 Å². The Hall–Kier alpha value is -2.22. The molecule has 21 heavy (non-hydrogen) atoms. The zero-order valence-corrected chi connectivity index (χ0v) is 11.2. The van der Waals surface area contributed by atoms with Crippen molar-refractivity contribution in [3.05, 3.63) is 48.3 Å². The van der Waals surface area contributed by atoms with Gasteiger partial charge in [-0.25, -0.2) is 0 Å². The Bertz CT molecular complexity index is 648. The van der Waals surface area contributed by atoms with E-state index in [9.17, 15) is 23.1 Å². The highest BCUT2D eigenvalue weighted by Crippen LogP contribution is 2.39. The summed E-state index contributed by atoms with van der Waals surface area (Å²) in [5.74, 6) is -0.870. The predicted octanol–water partition coefficient (Wildman–Crippen LogP) is 3.65. The highest BCUT2D eigenvalue weighted by molar-refractivity contribution is 8.00. The number of halogens is 3. The molecule has 1 amide bonds. The summed E-state index contributed by atoms with van der Waals surface area (Å²) in [5, 5.41) is 12.0. The van der Waals surface area contributed by atoms with Gasteiger partial charge in [0.2, 0.25) is 0 Å². The number of carbonyl (C=O) groups excluding carboxylic acids is 1. The topological polar surface area (TPSA) is 62.2 Å². The van der Waals surface area contributed by atoms with Gasteiger partial charge in [0.05, 0.1) is 5.69 Å². The van der Waals surface area contributed by atoms with Gasteiger partial charge in [0.15, 0.2) is 0 Å². The lowest BCUT2D eigenvalue weighted by Crippen LogP contribution is -2.12. The lowest BCUT2D eigenvalue weighted by Gasteiger charge is -2.10. The molecule has 2 aromatic rings. The minimum Gasteiger partial charge on any atom is -0.506 e. The van der Waals surface area contributed by atoms with Crippen molar-refractivity contribution in [2.75, 3.05) is 5.32 Å². The van der Waals surface area contributed by atoms with Crippen molar-refractivity contribution in [3.8, 4) is 5.75 Å². The maximum absolute atomic E-state index is 12.3. The molecule has 0 spiro atoms. The first-order valence-corrected chi connectivity index (χ1v) is 6.47. The first-order valence-electron chi connectivity index (χ1n) is 5.65. The second-order valence-electron chi connectivity index (χ2n) is 3.92. The van der Waals surface area contributed by atoms with E-state index in [1.165, 1.54) is 24.5 Å². The molecule has 110 valence electrons. The van der Waals surface area contributed by atoms with Gasteiger partial charge >= 0.3 is 5.51 Å². The van der Waals surface area contributed by atoms with Gasteiger partial charge in [0.1, 0.15) is 5.75 Å². The molecule has 2 rings (SSSR count). The van der Waals surface area contributed by atoms with Gasteiger partial charge in [-0.2, -0.15) is 13.2 Å². The Balaban J connectivity index is 2.20. The minimum atomic E-state index is -4.44. The summed E-state index contributed by atoms with van der Waals surface area (Å²) in [4.78, 5) is 15.5. The van der Waals surface area contributed by atoms with Crippen molar-refractivity contribution in [1.29, 1.82) is 0 Å². The van der Waals surface area contributed by atoms with Crippen molar-refractivity contribution >= 4 is 23.4 Å². The maximum Gasteiger partial charge on any atom is 0.446 e. The van der Waals surface area contributed by atoms with Crippen LogP contribution in [0.4, 0.5) is 18.9 Å². The van der Waals surface area contributed by atoms with Crippen molar-refractivity contribution in [1.82, 2.24) is 4.98 Å². The third-order valence-electron chi connectivity index (χ3n) is 2.39. The molecule has 0 aliphatic carbocycles. The number of aromatic hydroxyl groups is 1. The average Bonchev–Trinajstić information content (AvgIpc) is 2.42. The quantitative estimate of drug-likeness (QED) is 0.670. The van der Waals surface area contributed by atoms with Crippen LogP contribution in [0.2, 0.25) is 0 Å². The van der Waals surface area contributed by atoms with Crippen molar-refractivity contribution in [3.63, 3.8) is 0 Å². The van der Waals surface area contributed by atoms with E-state index in [0.717, 1.165) is 18.2 Å². The lowest BCUT2D eigenvalue weighted by molar-refractivity contribution is -0.0328. The smallest absolute Gasteiger partial charge is 0.446 e. The zero-order chi connectivity index (χ0) is 15.5. The fraction of sp³-hybridized carbons (Fsp3) is 0.0769. The molecule has 0 bridgehead atoms. The molecule has 0 fully saturated rings. The number of rotatable bonds is 3. The highest BCUT2D eigenvalue weighted by Gasteiger charge is 2.29. The van der Waals surface area contributed by atoms with Gasteiger partial charge in [-0.15, -0.1) is 0 Å². The summed E-state index contributed by atoms with van der Waals surface area (Å²) in [6.45, 7) is 0. The van der Waals surface area contributed by atoms with E-state index in [-0.39, 0.29) is 33.7 Å². The van der Waals surface area contributed by atoms with Crippen LogP contribution in [0.3, 0.4) is 0 Å². The first-order chi connectivity index (χ1) is 9.85. The molecule has 0 saturated heterocycles. The molecule has 2 N–H and O–H groups in total. The SMILES string of the molecule is O=C(Nc1cc(SC(F)(F)F)ccc1O)c1ccncc1. The molecule has 0 saturated carbocycles. The number of phenolic OH excluding ortho intramolecular Hbond substituents is 1. The average molecular weight is 314 g/mol. The minimum absolute atomic E-state index is 0.0916. The molecule has 1 aromatic heterocycles. The number of nitrogens with one attached hydrogen (secondary N) is 1. The van der Waals surface area contributed by atoms with Gasteiger partial charge in [-0.1, -0.05) is 0 Å². The van der Waals surface area contributed by atoms with Crippen molar-refractivity contribution in [2.45, 2.75) is 10.4 Å². The molecule has 1 heterocycles. The van der Waals surface area contributed by atoms with Crippen LogP contribution in [0.1, 0.15) is 10.4 Å². The second kappa shape index (κ2) is 6.04. The van der Waals surface area contributed by atoms with Crippen LogP contribution in [0.25, 0.3) is 0 Å². The molecule has 0 aliphatic heterocycles. The Morgan fingerprint density at radius 2 is 1.86 bits per heavy atom. The molecule has 4 nitrogen and oxygen atoms in total. The number of benzene rings is 1. The van der Waals surface area contributed by atoms with E-state index in [2.05, 4.69) is 10.3 Å². The standard InChI is InChI=1S/C13H9F3N2O2S/c14-13(15,16)21-9-1-2-11(19)10(7-9)18-12(20)8-3-5-17-6-4-8/h1-7,19H,(H,18,20). The van der Waals surface area contributed by atoms with E-state index in [0.29, 0.717) is 0 Å².